The fourth-order valence-corrected chi connectivity index (χ4v) is 4.78. The fraction of sp³-hybridized carbons (Fsp3) is 0.625. The van der Waals surface area contributed by atoms with E-state index in [1.54, 1.807) is 5.19 Å². The van der Waals surface area contributed by atoms with E-state index in [9.17, 15) is 0 Å². The van der Waals surface area contributed by atoms with Crippen molar-refractivity contribution < 1.29 is 0 Å². The first-order valence-electron chi connectivity index (χ1n) is 6.83. The molecule has 0 aromatic heterocycles. The molecule has 0 heterocycles. The van der Waals surface area contributed by atoms with Crippen LogP contribution in [0.3, 0.4) is 0 Å². The molecule has 0 aliphatic carbocycles. The summed E-state index contributed by atoms with van der Waals surface area (Å²) in [5, 5.41) is 2.06. The van der Waals surface area contributed by atoms with Crippen LogP contribution in [0.4, 0.5) is 0 Å². The maximum atomic E-state index is 2.50. The third-order valence-electron chi connectivity index (χ3n) is 4.87. The quantitative estimate of drug-likeness (QED) is 0.664. The highest BCUT2D eigenvalue weighted by atomic mass is 28.3. The summed E-state index contributed by atoms with van der Waals surface area (Å²) in [5.41, 5.74) is 1.45. The highest BCUT2D eigenvalue weighted by molar-refractivity contribution is 6.92. The Labute approximate surface area is 108 Å². The molecule has 0 spiro atoms. The van der Waals surface area contributed by atoms with Gasteiger partial charge in [-0.1, -0.05) is 83.6 Å². The summed E-state index contributed by atoms with van der Waals surface area (Å²) < 4.78 is 0. The zero-order valence-electron chi connectivity index (χ0n) is 12.6. The number of benzene rings is 1. The molecule has 0 atom stereocenters. The molecule has 0 N–H and O–H groups in total. The first kappa shape index (κ1) is 14.5. The molecule has 0 radical (unpaired) electrons. The second-order valence-electron chi connectivity index (χ2n) is 6.64. The molecule has 0 aliphatic rings. The van der Waals surface area contributed by atoms with E-state index in [-0.39, 0.29) is 0 Å². The summed E-state index contributed by atoms with van der Waals surface area (Å²) >= 11 is 0. The average Bonchev–Trinajstić information content (AvgIpc) is 2.28. The number of rotatable bonds is 4. The summed E-state index contributed by atoms with van der Waals surface area (Å²) in [7, 11) is -1.36. The SMILES string of the molecule is CCC(C)(C)[Si](C)(C)c1ccc(C(C)C)cc1. The van der Waals surface area contributed by atoms with Crippen molar-refractivity contribution in [3.8, 4) is 0 Å². The van der Waals surface area contributed by atoms with Gasteiger partial charge in [0.15, 0.2) is 0 Å². The molecular weight excluding hydrogens is 220 g/mol. The van der Waals surface area contributed by atoms with Crippen molar-refractivity contribution >= 4 is 13.3 Å². The molecule has 0 bridgehead atoms. The van der Waals surface area contributed by atoms with Gasteiger partial charge in [0.05, 0.1) is 8.07 Å². The Morgan fingerprint density at radius 3 is 1.88 bits per heavy atom. The molecule has 1 heteroatoms. The van der Waals surface area contributed by atoms with Crippen molar-refractivity contribution in [2.75, 3.05) is 0 Å². The van der Waals surface area contributed by atoms with Crippen LogP contribution in [-0.4, -0.2) is 8.07 Å². The Morgan fingerprint density at radius 2 is 1.53 bits per heavy atom. The van der Waals surface area contributed by atoms with Gasteiger partial charge in [-0.25, -0.2) is 0 Å². The standard InChI is InChI=1S/C16H28Si/c1-8-16(4,5)17(6,7)15-11-9-14(10-12-15)13(2)3/h9-13H,8H2,1-7H3. The van der Waals surface area contributed by atoms with Crippen LogP contribution < -0.4 is 5.19 Å². The minimum Gasteiger partial charge on any atom is -0.0651 e. The Bertz CT molecular complexity index is 358. The zero-order chi connectivity index (χ0) is 13.3. The van der Waals surface area contributed by atoms with Gasteiger partial charge in [-0.2, -0.15) is 0 Å². The molecule has 1 aromatic rings. The van der Waals surface area contributed by atoms with Gasteiger partial charge in [0.1, 0.15) is 0 Å². The minimum absolute atomic E-state index is 0.465. The van der Waals surface area contributed by atoms with Crippen molar-refractivity contribution in [3.63, 3.8) is 0 Å². The van der Waals surface area contributed by atoms with Gasteiger partial charge in [-0.15, -0.1) is 0 Å². The molecule has 0 aliphatic heterocycles. The lowest BCUT2D eigenvalue weighted by atomic mass is 10.0. The van der Waals surface area contributed by atoms with Crippen LogP contribution >= 0.6 is 0 Å². The van der Waals surface area contributed by atoms with Crippen LogP contribution in [0, 0.1) is 0 Å². The van der Waals surface area contributed by atoms with E-state index < -0.39 is 8.07 Å². The first-order valence-corrected chi connectivity index (χ1v) is 9.83. The topological polar surface area (TPSA) is 0 Å². The molecule has 1 aromatic carbocycles. The van der Waals surface area contributed by atoms with Crippen molar-refractivity contribution in [1.29, 1.82) is 0 Å². The third-order valence-corrected chi connectivity index (χ3v) is 10.4. The summed E-state index contributed by atoms with van der Waals surface area (Å²) in [4.78, 5) is 0. The molecule has 0 saturated heterocycles. The van der Waals surface area contributed by atoms with Crippen molar-refractivity contribution in [2.45, 2.75) is 65.1 Å². The molecule has 0 saturated carbocycles. The van der Waals surface area contributed by atoms with E-state index in [1.165, 1.54) is 12.0 Å². The molecule has 0 nitrogen and oxygen atoms in total. The van der Waals surface area contributed by atoms with Gasteiger partial charge in [0.2, 0.25) is 0 Å². The largest absolute Gasteiger partial charge is 0.0861 e. The molecule has 0 amide bonds. The van der Waals surface area contributed by atoms with Gasteiger partial charge in [0, 0.05) is 0 Å². The van der Waals surface area contributed by atoms with Crippen molar-refractivity contribution in [3.05, 3.63) is 29.8 Å². The van der Waals surface area contributed by atoms with Crippen LogP contribution in [-0.2, 0) is 0 Å². The van der Waals surface area contributed by atoms with Crippen LogP contribution in [0.5, 0.6) is 0 Å². The molecule has 1 rings (SSSR count). The van der Waals surface area contributed by atoms with Crippen LogP contribution in [0.2, 0.25) is 18.1 Å². The molecule has 0 fully saturated rings. The lowest BCUT2D eigenvalue weighted by Gasteiger charge is -2.40. The maximum absolute atomic E-state index is 2.50. The van der Waals surface area contributed by atoms with Crippen LogP contribution in [0.25, 0.3) is 0 Å². The van der Waals surface area contributed by atoms with Gasteiger partial charge >= 0.3 is 0 Å². The fourth-order valence-electron chi connectivity index (χ4n) is 2.12. The number of hydrogen-bond acceptors (Lipinski definition) is 0. The van der Waals surface area contributed by atoms with Crippen molar-refractivity contribution in [1.82, 2.24) is 0 Å². The minimum atomic E-state index is -1.36. The summed E-state index contributed by atoms with van der Waals surface area (Å²) in [6.07, 6.45) is 1.26. The first-order chi connectivity index (χ1) is 7.72. The highest BCUT2D eigenvalue weighted by Gasteiger charge is 2.38. The Morgan fingerprint density at radius 1 is 1.06 bits per heavy atom. The van der Waals surface area contributed by atoms with Gasteiger partial charge in [-0.05, 0) is 16.5 Å². The lowest BCUT2D eigenvalue weighted by molar-refractivity contribution is 0.625. The molecule has 96 valence electrons. The maximum Gasteiger partial charge on any atom is 0.0861 e. The second kappa shape index (κ2) is 4.97. The predicted octanol–water partition coefficient (Wildman–Crippen LogP) is 4.92. The van der Waals surface area contributed by atoms with Gasteiger partial charge in [-0.3, -0.25) is 0 Å². The second-order valence-corrected chi connectivity index (χ2v) is 11.8. The summed E-state index contributed by atoms with van der Waals surface area (Å²) in [5.74, 6) is 0.632. The summed E-state index contributed by atoms with van der Waals surface area (Å²) in [6.45, 7) is 16.7. The van der Waals surface area contributed by atoms with E-state index in [2.05, 4.69) is 72.0 Å². The van der Waals surface area contributed by atoms with Gasteiger partial charge < -0.3 is 0 Å². The normalized spacial score (nSPS) is 13.2. The Hall–Kier alpha value is -0.563. The smallest absolute Gasteiger partial charge is 0.0651 e. The van der Waals surface area contributed by atoms with E-state index in [4.69, 9.17) is 0 Å². The van der Waals surface area contributed by atoms with E-state index in [0.29, 0.717) is 11.0 Å². The highest BCUT2D eigenvalue weighted by Crippen LogP contribution is 2.39. The van der Waals surface area contributed by atoms with E-state index in [1.807, 2.05) is 0 Å². The Kier molecular flexibility index (Phi) is 4.24. The Balaban J connectivity index is 3.08. The number of hydrogen-bond donors (Lipinski definition) is 0. The van der Waals surface area contributed by atoms with Gasteiger partial charge in [0.25, 0.3) is 0 Å². The van der Waals surface area contributed by atoms with Crippen LogP contribution in [0.1, 0.15) is 52.5 Å². The van der Waals surface area contributed by atoms with E-state index >= 15 is 0 Å². The summed E-state index contributed by atoms with van der Waals surface area (Å²) in [6, 6.07) is 9.39. The lowest BCUT2D eigenvalue weighted by Crippen LogP contribution is -2.50. The predicted molar refractivity (Wildman–Crippen MR) is 82.0 cm³/mol. The van der Waals surface area contributed by atoms with Crippen molar-refractivity contribution in [2.24, 2.45) is 0 Å². The molecule has 17 heavy (non-hydrogen) atoms. The van der Waals surface area contributed by atoms with E-state index in [0.717, 1.165) is 0 Å². The third kappa shape index (κ3) is 2.82. The molecular formula is C16H28Si. The average molecular weight is 248 g/mol. The molecule has 0 unspecified atom stereocenters. The van der Waals surface area contributed by atoms with Crippen LogP contribution in [0.15, 0.2) is 24.3 Å². The monoisotopic (exact) mass is 248 g/mol. The zero-order valence-corrected chi connectivity index (χ0v) is 13.6.